The molecule has 1 N–H and O–H groups in total. The van der Waals surface area contributed by atoms with Gasteiger partial charge in [0.05, 0.1) is 6.61 Å². The van der Waals surface area contributed by atoms with E-state index < -0.39 is 0 Å². The van der Waals surface area contributed by atoms with Gasteiger partial charge in [0.25, 0.3) is 0 Å². The van der Waals surface area contributed by atoms with E-state index in [0.717, 1.165) is 18.9 Å². The lowest BCUT2D eigenvalue weighted by molar-refractivity contribution is -0.143. The summed E-state index contributed by atoms with van der Waals surface area (Å²) < 4.78 is 4.92. The molecule has 1 atom stereocenters. The standard InChI is InChI=1S/C15H30N2O2/c1-4-17-11-8-14(9-12-17)13(3)16-10-6-7-15(18)19-5-2/h13-14,16H,4-12H2,1-3H3. The number of piperidine rings is 1. The maximum Gasteiger partial charge on any atom is 0.305 e. The van der Waals surface area contributed by atoms with Crippen molar-refractivity contribution >= 4 is 5.97 Å². The molecule has 1 fully saturated rings. The van der Waals surface area contributed by atoms with Crippen LogP contribution in [0.1, 0.15) is 46.5 Å². The van der Waals surface area contributed by atoms with Crippen LogP contribution in [0.5, 0.6) is 0 Å². The van der Waals surface area contributed by atoms with Crippen molar-refractivity contribution in [2.24, 2.45) is 5.92 Å². The van der Waals surface area contributed by atoms with Crippen molar-refractivity contribution in [1.29, 1.82) is 0 Å². The molecule has 0 aromatic rings. The second kappa shape index (κ2) is 9.32. The van der Waals surface area contributed by atoms with Crippen LogP contribution < -0.4 is 5.32 Å². The lowest BCUT2D eigenvalue weighted by Crippen LogP contribution is -2.42. The Morgan fingerprint density at radius 3 is 2.63 bits per heavy atom. The molecule has 0 bridgehead atoms. The molecule has 4 nitrogen and oxygen atoms in total. The monoisotopic (exact) mass is 270 g/mol. The highest BCUT2D eigenvalue weighted by Gasteiger charge is 2.22. The number of esters is 1. The van der Waals surface area contributed by atoms with Crippen LogP contribution >= 0.6 is 0 Å². The summed E-state index contributed by atoms with van der Waals surface area (Å²) in [6, 6.07) is 0.557. The highest BCUT2D eigenvalue weighted by atomic mass is 16.5. The first-order valence-electron chi connectivity index (χ1n) is 7.78. The number of nitrogens with one attached hydrogen (secondary N) is 1. The van der Waals surface area contributed by atoms with Crippen LogP contribution in [0.25, 0.3) is 0 Å². The zero-order chi connectivity index (χ0) is 14.1. The molecular weight excluding hydrogens is 240 g/mol. The van der Waals surface area contributed by atoms with Crippen LogP contribution in [0.15, 0.2) is 0 Å². The highest BCUT2D eigenvalue weighted by Crippen LogP contribution is 2.20. The largest absolute Gasteiger partial charge is 0.466 e. The molecule has 1 aliphatic heterocycles. The van der Waals surface area contributed by atoms with Crippen molar-refractivity contribution in [3.63, 3.8) is 0 Å². The first-order chi connectivity index (χ1) is 9.17. The Balaban J connectivity index is 2.08. The van der Waals surface area contributed by atoms with Crippen LogP contribution in [-0.4, -0.2) is 49.7 Å². The Bertz CT molecular complexity index is 251. The quantitative estimate of drug-likeness (QED) is 0.541. The number of likely N-dealkylation sites (tertiary alicyclic amines) is 1. The Hall–Kier alpha value is -0.610. The van der Waals surface area contributed by atoms with Crippen LogP contribution in [0, 0.1) is 5.92 Å². The fraction of sp³-hybridized carbons (Fsp3) is 0.933. The summed E-state index contributed by atoms with van der Waals surface area (Å²) in [4.78, 5) is 13.7. The maximum atomic E-state index is 11.2. The van der Waals surface area contributed by atoms with Gasteiger partial charge >= 0.3 is 5.97 Å². The Labute approximate surface area is 117 Å². The van der Waals surface area contributed by atoms with Crippen molar-refractivity contribution in [3.8, 4) is 0 Å². The predicted octanol–water partition coefficient (Wildman–Crippen LogP) is 2.04. The van der Waals surface area contributed by atoms with Crippen LogP contribution in [0.3, 0.4) is 0 Å². The van der Waals surface area contributed by atoms with Gasteiger partial charge in [-0.15, -0.1) is 0 Å². The van der Waals surface area contributed by atoms with E-state index in [-0.39, 0.29) is 5.97 Å². The molecule has 1 saturated heterocycles. The smallest absolute Gasteiger partial charge is 0.305 e. The topological polar surface area (TPSA) is 41.6 Å². The van der Waals surface area contributed by atoms with Crippen molar-refractivity contribution in [1.82, 2.24) is 10.2 Å². The third-order valence-electron chi connectivity index (χ3n) is 4.12. The van der Waals surface area contributed by atoms with Crippen LogP contribution in [0.4, 0.5) is 0 Å². The molecule has 1 heterocycles. The molecule has 0 radical (unpaired) electrons. The second-order valence-corrected chi connectivity index (χ2v) is 5.42. The average Bonchev–Trinajstić information content (AvgIpc) is 2.44. The Kier molecular flexibility index (Phi) is 8.07. The zero-order valence-corrected chi connectivity index (χ0v) is 12.8. The van der Waals surface area contributed by atoms with Crippen LogP contribution in [-0.2, 0) is 9.53 Å². The van der Waals surface area contributed by atoms with E-state index in [4.69, 9.17) is 4.74 Å². The maximum absolute atomic E-state index is 11.2. The molecule has 1 aliphatic rings. The molecule has 0 saturated carbocycles. The third kappa shape index (κ3) is 6.39. The summed E-state index contributed by atoms with van der Waals surface area (Å²) in [5.74, 6) is 0.707. The zero-order valence-electron chi connectivity index (χ0n) is 12.8. The summed E-state index contributed by atoms with van der Waals surface area (Å²) in [6.45, 7) is 11.4. The number of nitrogens with zero attached hydrogens (tertiary/aromatic N) is 1. The summed E-state index contributed by atoms with van der Waals surface area (Å²) in [5.41, 5.74) is 0. The first-order valence-corrected chi connectivity index (χ1v) is 7.78. The van der Waals surface area contributed by atoms with E-state index in [2.05, 4.69) is 24.1 Å². The molecule has 0 aliphatic carbocycles. The van der Waals surface area contributed by atoms with E-state index in [1.54, 1.807) is 0 Å². The lowest BCUT2D eigenvalue weighted by atomic mass is 9.90. The number of carbonyl (C=O) groups is 1. The van der Waals surface area contributed by atoms with Gasteiger partial charge in [-0.1, -0.05) is 6.92 Å². The summed E-state index contributed by atoms with van der Waals surface area (Å²) >= 11 is 0. The van der Waals surface area contributed by atoms with Gasteiger partial charge in [-0.05, 0) is 65.2 Å². The van der Waals surface area contributed by atoms with E-state index >= 15 is 0 Å². The Morgan fingerprint density at radius 1 is 1.37 bits per heavy atom. The van der Waals surface area contributed by atoms with Crippen molar-refractivity contribution in [3.05, 3.63) is 0 Å². The van der Waals surface area contributed by atoms with Gasteiger partial charge in [-0.25, -0.2) is 0 Å². The summed E-state index contributed by atoms with van der Waals surface area (Å²) in [5, 5.41) is 3.56. The van der Waals surface area contributed by atoms with E-state index in [1.165, 1.54) is 32.5 Å². The Morgan fingerprint density at radius 2 is 2.05 bits per heavy atom. The third-order valence-corrected chi connectivity index (χ3v) is 4.12. The first kappa shape index (κ1) is 16.4. The number of ether oxygens (including phenoxy) is 1. The van der Waals surface area contributed by atoms with Gasteiger partial charge in [0.1, 0.15) is 0 Å². The molecule has 1 rings (SSSR count). The SMILES string of the molecule is CCOC(=O)CCCNC(C)C1CCN(CC)CC1. The number of hydrogen-bond donors (Lipinski definition) is 1. The highest BCUT2D eigenvalue weighted by molar-refractivity contribution is 5.69. The molecule has 1 unspecified atom stereocenters. The fourth-order valence-corrected chi connectivity index (χ4v) is 2.73. The predicted molar refractivity (Wildman–Crippen MR) is 78.2 cm³/mol. The van der Waals surface area contributed by atoms with E-state index in [9.17, 15) is 4.79 Å². The molecule has 19 heavy (non-hydrogen) atoms. The van der Waals surface area contributed by atoms with Gasteiger partial charge in [0.15, 0.2) is 0 Å². The number of hydrogen-bond acceptors (Lipinski definition) is 4. The van der Waals surface area contributed by atoms with Gasteiger partial charge in [0, 0.05) is 12.5 Å². The molecule has 0 aromatic carbocycles. The second-order valence-electron chi connectivity index (χ2n) is 5.42. The van der Waals surface area contributed by atoms with Gasteiger partial charge in [0.2, 0.25) is 0 Å². The lowest BCUT2D eigenvalue weighted by Gasteiger charge is -2.34. The minimum atomic E-state index is -0.0757. The molecule has 0 aromatic heterocycles. The molecular formula is C15H30N2O2. The van der Waals surface area contributed by atoms with Gasteiger partial charge in [-0.2, -0.15) is 0 Å². The molecule has 0 amide bonds. The minimum absolute atomic E-state index is 0.0757. The van der Waals surface area contributed by atoms with E-state index in [0.29, 0.717) is 19.1 Å². The summed E-state index contributed by atoms with van der Waals surface area (Å²) in [7, 11) is 0. The average molecular weight is 270 g/mol. The number of carbonyl (C=O) groups excluding carboxylic acids is 1. The fourth-order valence-electron chi connectivity index (χ4n) is 2.73. The van der Waals surface area contributed by atoms with E-state index in [1.807, 2.05) is 6.92 Å². The van der Waals surface area contributed by atoms with Gasteiger partial charge < -0.3 is 15.0 Å². The molecule has 4 heteroatoms. The van der Waals surface area contributed by atoms with Crippen LogP contribution in [0.2, 0.25) is 0 Å². The van der Waals surface area contributed by atoms with Crippen molar-refractivity contribution in [2.45, 2.75) is 52.5 Å². The van der Waals surface area contributed by atoms with Gasteiger partial charge in [-0.3, -0.25) is 4.79 Å². The normalized spacial score (nSPS) is 19.3. The minimum Gasteiger partial charge on any atom is -0.466 e. The molecule has 0 spiro atoms. The number of rotatable bonds is 8. The van der Waals surface area contributed by atoms with Crippen molar-refractivity contribution in [2.75, 3.05) is 32.8 Å². The molecule has 112 valence electrons. The van der Waals surface area contributed by atoms with Crippen molar-refractivity contribution < 1.29 is 9.53 Å². The summed E-state index contributed by atoms with van der Waals surface area (Å²) in [6.07, 6.45) is 3.98.